The summed E-state index contributed by atoms with van der Waals surface area (Å²) in [5.41, 5.74) is 2.35. The smallest absolute Gasteiger partial charge is 0.253 e. The molecule has 1 aliphatic heterocycles. The van der Waals surface area contributed by atoms with Crippen LogP contribution in [0.3, 0.4) is 0 Å². The van der Waals surface area contributed by atoms with Gasteiger partial charge in [0.15, 0.2) is 5.78 Å². The first kappa shape index (κ1) is 17.2. The maximum absolute atomic E-state index is 12.8. The summed E-state index contributed by atoms with van der Waals surface area (Å²) < 4.78 is 1.76. The van der Waals surface area contributed by atoms with Crippen molar-refractivity contribution in [3.05, 3.63) is 84.2 Å². The van der Waals surface area contributed by atoms with Crippen LogP contribution in [0, 0.1) is 5.92 Å². The molecule has 4 rings (SSSR count). The van der Waals surface area contributed by atoms with Crippen LogP contribution in [0.4, 0.5) is 0 Å². The number of carbonyl (C=O) groups is 2. The van der Waals surface area contributed by atoms with E-state index in [1.807, 2.05) is 71.8 Å². The molecule has 0 atom stereocenters. The molecule has 5 nitrogen and oxygen atoms in total. The molecule has 0 bridgehead atoms. The number of piperidine rings is 1. The van der Waals surface area contributed by atoms with Gasteiger partial charge in [0.1, 0.15) is 0 Å². The summed E-state index contributed by atoms with van der Waals surface area (Å²) in [6.07, 6.45) is 5.01. The summed E-state index contributed by atoms with van der Waals surface area (Å²) in [5, 5.41) is 4.19. The van der Waals surface area contributed by atoms with E-state index in [4.69, 9.17) is 0 Å². The quantitative estimate of drug-likeness (QED) is 0.669. The van der Waals surface area contributed by atoms with Gasteiger partial charge >= 0.3 is 0 Å². The number of likely N-dealkylation sites (tertiary alicyclic amines) is 1. The predicted octanol–water partition coefficient (Wildman–Crippen LogP) is 3.61. The molecule has 1 aromatic heterocycles. The average molecular weight is 359 g/mol. The van der Waals surface area contributed by atoms with Gasteiger partial charge in [-0.3, -0.25) is 9.59 Å². The topological polar surface area (TPSA) is 55.2 Å². The Bertz CT molecular complexity index is 910. The molecule has 0 unspecified atom stereocenters. The minimum Gasteiger partial charge on any atom is -0.339 e. The molecule has 0 radical (unpaired) electrons. The maximum atomic E-state index is 12.8. The second-order valence-corrected chi connectivity index (χ2v) is 6.79. The molecular weight excluding hydrogens is 338 g/mol. The minimum atomic E-state index is -0.00126. The van der Waals surface area contributed by atoms with Crippen LogP contribution < -0.4 is 0 Å². The summed E-state index contributed by atoms with van der Waals surface area (Å²) in [7, 11) is 0. The number of benzene rings is 2. The van der Waals surface area contributed by atoms with Crippen molar-refractivity contribution in [2.45, 2.75) is 12.8 Å². The summed E-state index contributed by atoms with van der Waals surface area (Å²) in [6, 6.07) is 18.7. The Kier molecular flexibility index (Phi) is 4.83. The van der Waals surface area contributed by atoms with Crippen molar-refractivity contribution >= 4 is 11.7 Å². The van der Waals surface area contributed by atoms with Crippen molar-refractivity contribution in [3.8, 4) is 5.69 Å². The number of ketones is 1. The monoisotopic (exact) mass is 359 g/mol. The third-order valence-corrected chi connectivity index (χ3v) is 5.09. The third-order valence-electron chi connectivity index (χ3n) is 5.09. The van der Waals surface area contributed by atoms with Crippen LogP contribution in [0.15, 0.2) is 73.1 Å². The molecule has 1 fully saturated rings. The molecule has 2 aromatic carbocycles. The highest BCUT2D eigenvalue weighted by Gasteiger charge is 2.28. The molecule has 0 spiro atoms. The Balaban J connectivity index is 1.38. The fraction of sp³-hybridized carbons (Fsp3) is 0.227. The van der Waals surface area contributed by atoms with E-state index in [1.54, 1.807) is 10.9 Å². The second kappa shape index (κ2) is 7.58. The van der Waals surface area contributed by atoms with Gasteiger partial charge in [-0.05, 0) is 43.2 Å². The number of nitrogens with zero attached hydrogens (tertiary/aromatic N) is 3. The molecule has 27 heavy (non-hydrogen) atoms. The molecule has 0 N–H and O–H groups in total. The molecule has 3 aromatic rings. The number of rotatable bonds is 4. The molecular formula is C22H21N3O2. The maximum Gasteiger partial charge on any atom is 0.253 e. The van der Waals surface area contributed by atoms with Gasteiger partial charge in [-0.25, -0.2) is 4.68 Å². The van der Waals surface area contributed by atoms with Crippen molar-refractivity contribution in [2.24, 2.45) is 5.92 Å². The van der Waals surface area contributed by atoms with Crippen LogP contribution in [0.5, 0.6) is 0 Å². The minimum absolute atomic E-state index is 0.00126. The largest absolute Gasteiger partial charge is 0.339 e. The molecule has 136 valence electrons. The van der Waals surface area contributed by atoms with Crippen molar-refractivity contribution in [2.75, 3.05) is 13.1 Å². The fourth-order valence-corrected chi connectivity index (χ4v) is 3.54. The zero-order chi connectivity index (χ0) is 18.6. The van der Waals surface area contributed by atoms with Gasteiger partial charge < -0.3 is 4.90 Å². The summed E-state index contributed by atoms with van der Waals surface area (Å²) in [6.45, 7) is 1.23. The number of Topliss-reactive ketones (excluding diaryl/α,β-unsaturated/α-hetero) is 1. The van der Waals surface area contributed by atoms with Crippen LogP contribution >= 0.6 is 0 Å². The molecule has 0 aliphatic carbocycles. The van der Waals surface area contributed by atoms with Crippen LogP contribution in [0.2, 0.25) is 0 Å². The van der Waals surface area contributed by atoms with E-state index in [1.165, 1.54) is 0 Å². The summed E-state index contributed by atoms with van der Waals surface area (Å²) >= 11 is 0. The predicted molar refractivity (Wildman–Crippen MR) is 103 cm³/mol. The molecule has 5 heteroatoms. The van der Waals surface area contributed by atoms with E-state index in [0.29, 0.717) is 31.5 Å². The van der Waals surface area contributed by atoms with Gasteiger partial charge in [-0.1, -0.05) is 30.3 Å². The summed E-state index contributed by atoms with van der Waals surface area (Å²) in [5.74, 6) is 0.206. The van der Waals surface area contributed by atoms with E-state index in [0.717, 1.165) is 11.3 Å². The normalized spacial score (nSPS) is 14.9. The molecule has 0 saturated carbocycles. The fourth-order valence-electron chi connectivity index (χ4n) is 3.54. The SMILES string of the molecule is O=C(c1ccccc1)C1CCN(C(=O)c2ccc(-n3cccn3)cc2)CC1. The standard InChI is InChI=1S/C22H21N3O2/c26-21(17-5-2-1-3-6-17)18-11-15-24(16-12-18)22(27)19-7-9-20(10-8-19)25-14-4-13-23-25/h1-10,13-14,18H,11-12,15-16H2. The summed E-state index contributed by atoms with van der Waals surface area (Å²) in [4.78, 5) is 27.2. The van der Waals surface area contributed by atoms with E-state index in [-0.39, 0.29) is 17.6 Å². The van der Waals surface area contributed by atoms with Gasteiger partial charge in [0.2, 0.25) is 0 Å². The zero-order valence-corrected chi connectivity index (χ0v) is 15.0. The van der Waals surface area contributed by atoms with Crippen LogP contribution in [0.1, 0.15) is 33.6 Å². The van der Waals surface area contributed by atoms with Gasteiger partial charge in [-0.2, -0.15) is 5.10 Å². The van der Waals surface area contributed by atoms with Gasteiger partial charge in [0.25, 0.3) is 5.91 Å². The average Bonchev–Trinajstić information content (AvgIpc) is 3.28. The van der Waals surface area contributed by atoms with Gasteiger partial charge in [0.05, 0.1) is 5.69 Å². The Hall–Kier alpha value is -3.21. The number of amides is 1. The van der Waals surface area contributed by atoms with Crippen molar-refractivity contribution < 1.29 is 9.59 Å². The van der Waals surface area contributed by atoms with Crippen LogP contribution in [-0.4, -0.2) is 39.5 Å². The lowest BCUT2D eigenvalue weighted by atomic mass is 9.88. The Labute approximate surface area is 158 Å². The van der Waals surface area contributed by atoms with Gasteiger partial charge in [-0.15, -0.1) is 0 Å². The van der Waals surface area contributed by atoms with Crippen molar-refractivity contribution in [1.29, 1.82) is 0 Å². The molecule has 2 heterocycles. The van der Waals surface area contributed by atoms with Crippen molar-refractivity contribution in [3.63, 3.8) is 0 Å². The Morgan fingerprint density at radius 3 is 2.19 bits per heavy atom. The molecule has 1 amide bonds. The number of aromatic nitrogens is 2. The number of hydrogen-bond donors (Lipinski definition) is 0. The highest BCUT2D eigenvalue weighted by atomic mass is 16.2. The second-order valence-electron chi connectivity index (χ2n) is 6.79. The molecule has 1 saturated heterocycles. The Morgan fingerprint density at radius 1 is 0.852 bits per heavy atom. The van der Waals surface area contributed by atoms with E-state index >= 15 is 0 Å². The zero-order valence-electron chi connectivity index (χ0n) is 15.0. The van der Waals surface area contributed by atoms with Crippen LogP contribution in [-0.2, 0) is 0 Å². The van der Waals surface area contributed by atoms with Gasteiger partial charge in [0, 0.05) is 42.5 Å². The first-order valence-corrected chi connectivity index (χ1v) is 9.21. The molecule has 1 aliphatic rings. The number of hydrogen-bond acceptors (Lipinski definition) is 3. The highest BCUT2D eigenvalue weighted by Crippen LogP contribution is 2.23. The first-order valence-electron chi connectivity index (χ1n) is 9.21. The van der Waals surface area contributed by atoms with Crippen LogP contribution in [0.25, 0.3) is 5.69 Å². The lowest BCUT2D eigenvalue weighted by Gasteiger charge is -2.31. The van der Waals surface area contributed by atoms with E-state index in [9.17, 15) is 9.59 Å². The third kappa shape index (κ3) is 3.67. The highest BCUT2D eigenvalue weighted by molar-refractivity contribution is 5.98. The van der Waals surface area contributed by atoms with Crippen molar-refractivity contribution in [1.82, 2.24) is 14.7 Å². The number of carbonyl (C=O) groups excluding carboxylic acids is 2. The van der Waals surface area contributed by atoms with E-state index in [2.05, 4.69) is 5.10 Å². The van der Waals surface area contributed by atoms with E-state index < -0.39 is 0 Å². The Morgan fingerprint density at radius 2 is 1.56 bits per heavy atom. The first-order chi connectivity index (χ1) is 13.2. The lowest BCUT2D eigenvalue weighted by Crippen LogP contribution is -2.40. The lowest BCUT2D eigenvalue weighted by molar-refractivity contribution is 0.0650.